The van der Waals surface area contributed by atoms with E-state index < -0.39 is 6.03 Å². The van der Waals surface area contributed by atoms with E-state index in [1.54, 1.807) is 24.0 Å². The molecule has 1 aliphatic heterocycles. The molecule has 0 bridgehead atoms. The Balaban J connectivity index is 1.64. The van der Waals surface area contributed by atoms with E-state index in [0.29, 0.717) is 38.2 Å². The molecule has 0 unspecified atom stereocenters. The van der Waals surface area contributed by atoms with Crippen LogP contribution in [0.4, 0.5) is 15.3 Å². The smallest absolute Gasteiger partial charge is 0.409 e. The summed E-state index contributed by atoms with van der Waals surface area (Å²) in [7, 11) is 0. The van der Waals surface area contributed by atoms with Gasteiger partial charge in [0.05, 0.1) is 13.2 Å². The second kappa shape index (κ2) is 9.51. The van der Waals surface area contributed by atoms with Gasteiger partial charge < -0.3 is 25.6 Å². The molecule has 0 atom stereocenters. The number of carbonyl (C=O) groups is 3. The third-order valence-electron chi connectivity index (χ3n) is 3.83. The maximum absolute atomic E-state index is 11.9. The number of para-hydroxylation sites is 1. The van der Waals surface area contributed by atoms with Gasteiger partial charge in [0.25, 0.3) is 0 Å². The molecule has 25 heavy (non-hydrogen) atoms. The van der Waals surface area contributed by atoms with Gasteiger partial charge >= 0.3 is 12.1 Å². The average molecular weight is 348 g/mol. The summed E-state index contributed by atoms with van der Waals surface area (Å²) in [4.78, 5) is 36.9. The van der Waals surface area contributed by atoms with Gasteiger partial charge in [0.2, 0.25) is 5.91 Å². The van der Waals surface area contributed by atoms with E-state index in [-0.39, 0.29) is 24.6 Å². The fourth-order valence-electron chi connectivity index (χ4n) is 2.56. The van der Waals surface area contributed by atoms with E-state index in [1.807, 2.05) is 18.2 Å². The number of piperidine rings is 1. The van der Waals surface area contributed by atoms with Gasteiger partial charge in [-0.15, -0.1) is 0 Å². The number of nitrogens with one attached hydrogen (secondary N) is 3. The largest absolute Gasteiger partial charge is 0.450 e. The Labute approximate surface area is 146 Å². The zero-order chi connectivity index (χ0) is 18.1. The molecule has 0 saturated carbocycles. The first-order valence-electron chi connectivity index (χ1n) is 8.39. The number of carbonyl (C=O) groups excluding carboxylic acids is 3. The Morgan fingerprint density at radius 1 is 1.16 bits per heavy atom. The van der Waals surface area contributed by atoms with Crippen molar-refractivity contribution in [2.24, 2.45) is 0 Å². The van der Waals surface area contributed by atoms with E-state index in [9.17, 15) is 14.4 Å². The maximum atomic E-state index is 11.9. The number of ether oxygens (including phenoxy) is 1. The first kappa shape index (κ1) is 18.6. The molecule has 0 aliphatic carbocycles. The Morgan fingerprint density at radius 3 is 2.48 bits per heavy atom. The van der Waals surface area contributed by atoms with Crippen LogP contribution < -0.4 is 16.0 Å². The normalized spacial score (nSPS) is 14.5. The molecule has 2 rings (SSSR count). The lowest BCUT2D eigenvalue weighted by Gasteiger charge is -2.31. The van der Waals surface area contributed by atoms with E-state index >= 15 is 0 Å². The molecular formula is C17H24N4O4. The molecule has 1 heterocycles. The van der Waals surface area contributed by atoms with Crippen molar-refractivity contribution in [2.45, 2.75) is 25.8 Å². The Kier molecular flexibility index (Phi) is 7.06. The van der Waals surface area contributed by atoms with Crippen LogP contribution >= 0.6 is 0 Å². The third-order valence-corrected chi connectivity index (χ3v) is 3.83. The molecular weight excluding hydrogens is 324 g/mol. The van der Waals surface area contributed by atoms with Crippen LogP contribution in [0.3, 0.4) is 0 Å². The molecule has 1 saturated heterocycles. The molecule has 136 valence electrons. The quantitative estimate of drug-likeness (QED) is 0.751. The van der Waals surface area contributed by atoms with Gasteiger partial charge in [-0.2, -0.15) is 0 Å². The van der Waals surface area contributed by atoms with Gasteiger partial charge in [-0.25, -0.2) is 9.59 Å². The van der Waals surface area contributed by atoms with Crippen molar-refractivity contribution in [3.8, 4) is 0 Å². The van der Waals surface area contributed by atoms with Gasteiger partial charge in [-0.1, -0.05) is 18.2 Å². The summed E-state index contributed by atoms with van der Waals surface area (Å²) in [5, 5.41) is 8.03. The highest BCUT2D eigenvalue weighted by Gasteiger charge is 2.24. The molecule has 1 fully saturated rings. The highest BCUT2D eigenvalue weighted by atomic mass is 16.6. The van der Waals surface area contributed by atoms with Gasteiger partial charge in [0, 0.05) is 24.8 Å². The molecule has 3 N–H and O–H groups in total. The summed E-state index contributed by atoms with van der Waals surface area (Å²) in [5.41, 5.74) is 0.659. The third kappa shape index (κ3) is 6.33. The van der Waals surface area contributed by atoms with Crippen molar-refractivity contribution in [1.82, 2.24) is 15.5 Å². The highest BCUT2D eigenvalue weighted by molar-refractivity contribution is 5.92. The molecule has 1 aromatic rings. The first-order valence-corrected chi connectivity index (χ1v) is 8.39. The van der Waals surface area contributed by atoms with Crippen molar-refractivity contribution in [3.63, 3.8) is 0 Å². The summed E-state index contributed by atoms with van der Waals surface area (Å²) in [6.45, 7) is 3.12. The summed E-state index contributed by atoms with van der Waals surface area (Å²) in [6, 6.07) is 8.56. The molecule has 0 aromatic heterocycles. The van der Waals surface area contributed by atoms with E-state index in [4.69, 9.17) is 4.74 Å². The van der Waals surface area contributed by atoms with Crippen LogP contribution in [0.2, 0.25) is 0 Å². The zero-order valence-electron chi connectivity index (χ0n) is 14.3. The van der Waals surface area contributed by atoms with Crippen LogP contribution in [-0.4, -0.2) is 55.2 Å². The number of urea groups is 1. The number of nitrogens with zero attached hydrogens (tertiary/aromatic N) is 1. The fraction of sp³-hybridized carbons (Fsp3) is 0.471. The number of benzene rings is 1. The lowest BCUT2D eigenvalue weighted by Crippen LogP contribution is -2.49. The van der Waals surface area contributed by atoms with Crippen molar-refractivity contribution in [3.05, 3.63) is 30.3 Å². The van der Waals surface area contributed by atoms with Gasteiger partial charge in [-0.3, -0.25) is 4.79 Å². The fourth-order valence-corrected chi connectivity index (χ4v) is 2.56. The summed E-state index contributed by atoms with van der Waals surface area (Å²) in [5.74, 6) is -0.252. The second-order valence-corrected chi connectivity index (χ2v) is 5.70. The number of hydrogen-bond donors (Lipinski definition) is 3. The average Bonchev–Trinajstić information content (AvgIpc) is 2.62. The minimum Gasteiger partial charge on any atom is -0.450 e. The topological polar surface area (TPSA) is 99.8 Å². The van der Waals surface area contributed by atoms with Crippen molar-refractivity contribution >= 4 is 23.7 Å². The minimum atomic E-state index is -0.432. The Bertz CT molecular complexity index is 586. The van der Waals surface area contributed by atoms with Crippen molar-refractivity contribution in [2.75, 3.05) is 31.6 Å². The molecule has 0 radical (unpaired) electrons. The van der Waals surface area contributed by atoms with E-state index in [0.717, 1.165) is 0 Å². The van der Waals surface area contributed by atoms with Crippen LogP contribution in [0.1, 0.15) is 19.8 Å². The van der Waals surface area contributed by atoms with Gasteiger partial charge in [0.1, 0.15) is 0 Å². The summed E-state index contributed by atoms with van der Waals surface area (Å²) in [6.07, 6.45) is 1.02. The standard InChI is InChI=1S/C17H24N4O4/c1-2-25-17(24)21-10-8-14(9-11-21)19-15(22)12-18-16(23)20-13-6-4-3-5-7-13/h3-7,14H,2,8-12H2,1H3,(H,19,22)(H2,18,20,23). The van der Waals surface area contributed by atoms with Gasteiger partial charge in [0.15, 0.2) is 0 Å². The lowest BCUT2D eigenvalue weighted by molar-refractivity contribution is -0.121. The summed E-state index contributed by atoms with van der Waals surface area (Å²) >= 11 is 0. The minimum absolute atomic E-state index is 0.00263. The van der Waals surface area contributed by atoms with E-state index in [1.165, 1.54) is 0 Å². The Morgan fingerprint density at radius 2 is 1.84 bits per heavy atom. The zero-order valence-corrected chi connectivity index (χ0v) is 14.3. The molecule has 8 heteroatoms. The van der Waals surface area contributed by atoms with Crippen molar-refractivity contribution < 1.29 is 19.1 Å². The van der Waals surface area contributed by atoms with Gasteiger partial charge in [-0.05, 0) is 31.9 Å². The number of likely N-dealkylation sites (tertiary alicyclic amines) is 1. The SMILES string of the molecule is CCOC(=O)N1CCC(NC(=O)CNC(=O)Nc2ccccc2)CC1. The number of amides is 4. The number of anilines is 1. The summed E-state index contributed by atoms with van der Waals surface area (Å²) < 4.78 is 4.96. The van der Waals surface area contributed by atoms with Crippen molar-refractivity contribution in [1.29, 1.82) is 0 Å². The molecule has 8 nitrogen and oxygen atoms in total. The predicted octanol–water partition coefficient (Wildman–Crippen LogP) is 1.55. The molecule has 0 spiro atoms. The van der Waals surface area contributed by atoms with Crippen LogP contribution in [-0.2, 0) is 9.53 Å². The highest BCUT2D eigenvalue weighted by Crippen LogP contribution is 2.11. The lowest BCUT2D eigenvalue weighted by atomic mass is 10.1. The predicted molar refractivity (Wildman–Crippen MR) is 93.2 cm³/mol. The number of hydrogen-bond acceptors (Lipinski definition) is 4. The second-order valence-electron chi connectivity index (χ2n) is 5.70. The maximum Gasteiger partial charge on any atom is 0.409 e. The molecule has 1 aromatic carbocycles. The number of rotatable bonds is 5. The molecule has 4 amide bonds. The van der Waals surface area contributed by atoms with Crippen LogP contribution in [0.15, 0.2) is 30.3 Å². The van der Waals surface area contributed by atoms with E-state index in [2.05, 4.69) is 16.0 Å². The Hall–Kier alpha value is -2.77. The molecule has 1 aliphatic rings. The van der Waals surface area contributed by atoms with Crippen LogP contribution in [0.25, 0.3) is 0 Å². The monoisotopic (exact) mass is 348 g/mol. The van der Waals surface area contributed by atoms with Crippen LogP contribution in [0.5, 0.6) is 0 Å². The first-order chi connectivity index (χ1) is 12.1. The van der Waals surface area contributed by atoms with Crippen LogP contribution in [0, 0.1) is 0 Å².